The summed E-state index contributed by atoms with van der Waals surface area (Å²) in [6.07, 6.45) is 2.01. The summed E-state index contributed by atoms with van der Waals surface area (Å²) < 4.78 is 18.5. The highest BCUT2D eigenvalue weighted by Crippen LogP contribution is 2.17. The molecule has 1 N–H and O–H groups in total. The molecule has 0 fully saturated rings. The van der Waals surface area contributed by atoms with Crippen molar-refractivity contribution in [3.63, 3.8) is 0 Å². The van der Waals surface area contributed by atoms with E-state index < -0.39 is 5.82 Å². The topological polar surface area (TPSA) is 54.5 Å². The number of rotatable bonds is 8. The van der Waals surface area contributed by atoms with Crippen molar-refractivity contribution >= 4 is 11.7 Å². The summed E-state index contributed by atoms with van der Waals surface area (Å²) >= 11 is 0. The molecule has 0 atom stereocenters. The van der Waals surface area contributed by atoms with E-state index >= 15 is 0 Å². The molecular weight excluding hydrogens is 273 g/mol. The standard InChI is InChI=1S/C15H24FN3O2/c1-5-6-17-14-13(9-12(16)10-18-14)15(20)19(11(2)3)7-8-21-4/h9-11H,5-8H2,1-4H3,(H,17,18). The maximum absolute atomic E-state index is 13.5. The summed E-state index contributed by atoms with van der Waals surface area (Å²) in [5.41, 5.74) is 0.258. The molecule has 6 heteroatoms. The van der Waals surface area contributed by atoms with Gasteiger partial charge < -0.3 is 15.0 Å². The van der Waals surface area contributed by atoms with E-state index in [2.05, 4.69) is 10.3 Å². The Labute approximate surface area is 125 Å². The van der Waals surface area contributed by atoms with Gasteiger partial charge in [-0.05, 0) is 26.3 Å². The third-order valence-corrected chi connectivity index (χ3v) is 3.05. The van der Waals surface area contributed by atoms with Crippen LogP contribution in [0.2, 0.25) is 0 Å². The van der Waals surface area contributed by atoms with E-state index in [4.69, 9.17) is 4.74 Å². The van der Waals surface area contributed by atoms with Crippen molar-refractivity contribution in [2.24, 2.45) is 0 Å². The minimum Gasteiger partial charge on any atom is -0.383 e. The molecule has 1 aromatic heterocycles. The van der Waals surface area contributed by atoms with Gasteiger partial charge in [-0.3, -0.25) is 4.79 Å². The fourth-order valence-electron chi connectivity index (χ4n) is 1.93. The lowest BCUT2D eigenvalue weighted by molar-refractivity contribution is 0.0635. The van der Waals surface area contributed by atoms with Crippen LogP contribution < -0.4 is 5.32 Å². The molecule has 1 rings (SSSR count). The summed E-state index contributed by atoms with van der Waals surface area (Å²) in [6.45, 7) is 7.41. The minimum absolute atomic E-state index is 0.00468. The average Bonchev–Trinajstić information content (AvgIpc) is 2.45. The van der Waals surface area contributed by atoms with Crippen molar-refractivity contribution in [1.82, 2.24) is 9.88 Å². The molecule has 0 bridgehead atoms. The Kier molecular flexibility index (Phi) is 7.08. The Morgan fingerprint density at radius 2 is 2.24 bits per heavy atom. The van der Waals surface area contributed by atoms with Crippen LogP contribution in [0.3, 0.4) is 0 Å². The highest BCUT2D eigenvalue weighted by molar-refractivity contribution is 5.98. The first-order valence-electron chi connectivity index (χ1n) is 7.20. The van der Waals surface area contributed by atoms with Crippen molar-refractivity contribution < 1.29 is 13.9 Å². The zero-order valence-corrected chi connectivity index (χ0v) is 13.1. The second-order valence-electron chi connectivity index (χ2n) is 5.06. The fraction of sp³-hybridized carbons (Fsp3) is 0.600. The predicted octanol–water partition coefficient (Wildman–Crippen LogP) is 2.54. The van der Waals surface area contributed by atoms with Crippen molar-refractivity contribution in [1.29, 1.82) is 0 Å². The van der Waals surface area contributed by atoms with Crippen molar-refractivity contribution in [2.45, 2.75) is 33.2 Å². The lowest BCUT2D eigenvalue weighted by atomic mass is 10.2. The molecule has 118 valence electrons. The Bertz CT molecular complexity index is 466. The molecule has 0 unspecified atom stereocenters. The van der Waals surface area contributed by atoms with Gasteiger partial charge in [0.2, 0.25) is 0 Å². The molecule has 5 nitrogen and oxygen atoms in total. The summed E-state index contributed by atoms with van der Waals surface area (Å²) in [6, 6.07) is 1.23. The molecule has 0 aromatic carbocycles. The third kappa shape index (κ3) is 4.97. The number of aromatic nitrogens is 1. The number of pyridine rings is 1. The molecule has 0 saturated carbocycles. The largest absolute Gasteiger partial charge is 0.383 e. The number of nitrogens with zero attached hydrogens (tertiary/aromatic N) is 2. The zero-order chi connectivity index (χ0) is 15.8. The van der Waals surface area contributed by atoms with Crippen LogP contribution in [0, 0.1) is 5.82 Å². The van der Waals surface area contributed by atoms with Crippen LogP contribution in [0.15, 0.2) is 12.3 Å². The molecule has 1 aromatic rings. The lowest BCUT2D eigenvalue weighted by Gasteiger charge is -2.27. The van der Waals surface area contributed by atoms with Crippen molar-refractivity contribution in [3.8, 4) is 0 Å². The molecular formula is C15H24FN3O2. The van der Waals surface area contributed by atoms with Gasteiger partial charge in [-0.2, -0.15) is 0 Å². The third-order valence-electron chi connectivity index (χ3n) is 3.05. The van der Waals surface area contributed by atoms with Crippen LogP contribution in [-0.2, 0) is 4.74 Å². The summed E-state index contributed by atoms with van der Waals surface area (Å²) in [5, 5.41) is 3.06. The van der Waals surface area contributed by atoms with Gasteiger partial charge in [0.05, 0.1) is 18.4 Å². The first-order chi connectivity index (χ1) is 10.0. The molecule has 21 heavy (non-hydrogen) atoms. The van der Waals surface area contributed by atoms with E-state index in [1.165, 1.54) is 6.07 Å². The SMILES string of the molecule is CCCNc1ncc(F)cc1C(=O)N(CCOC)C(C)C. The lowest BCUT2D eigenvalue weighted by Crippen LogP contribution is -2.39. The van der Waals surface area contributed by atoms with E-state index in [-0.39, 0.29) is 17.5 Å². The molecule has 0 spiro atoms. The number of carbonyl (C=O) groups is 1. The summed E-state index contributed by atoms with van der Waals surface area (Å²) in [7, 11) is 1.58. The average molecular weight is 297 g/mol. The second-order valence-corrected chi connectivity index (χ2v) is 5.06. The Morgan fingerprint density at radius 3 is 2.81 bits per heavy atom. The van der Waals surface area contributed by atoms with E-state index in [0.717, 1.165) is 12.6 Å². The number of halogens is 1. The number of carbonyl (C=O) groups excluding carboxylic acids is 1. The summed E-state index contributed by atoms with van der Waals surface area (Å²) in [4.78, 5) is 18.3. The molecule has 0 aliphatic carbocycles. The number of methoxy groups -OCH3 is 1. The van der Waals surface area contributed by atoms with Crippen LogP contribution in [0.25, 0.3) is 0 Å². The number of hydrogen-bond acceptors (Lipinski definition) is 4. The highest BCUT2D eigenvalue weighted by atomic mass is 19.1. The van der Waals surface area contributed by atoms with E-state index in [9.17, 15) is 9.18 Å². The predicted molar refractivity (Wildman–Crippen MR) is 81.0 cm³/mol. The zero-order valence-electron chi connectivity index (χ0n) is 13.1. The Hall–Kier alpha value is -1.69. The second kappa shape index (κ2) is 8.56. The van der Waals surface area contributed by atoms with Crippen molar-refractivity contribution in [2.75, 3.05) is 32.1 Å². The van der Waals surface area contributed by atoms with Gasteiger partial charge in [0.15, 0.2) is 0 Å². The number of nitrogens with one attached hydrogen (secondary N) is 1. The quantitative estimate of drug-likeness (QED) is 0.801. The number of ether oxygens (including phenoxy) is 1. The molecule has 0 aliphatic rings. The van der Waals surface area contributed by atoms with E-state index in [1.54, 1.807) is 12.0 Å². The van der Waals surface area contributed by atoms with E-state index in [1.807, 2.05) is 20.8 Å². The van der Waals surface area contributed by atoms with Gasteiger partial charge in [0.25, 0.3) is 5.91 Å². The smallest absolute Gasteiger partial charge is 0.258 e. The highest BCUT2D eigenvalue weighted by Gasteiger charge is 2.22. The molecule has 0 aliphatic heterocycles. The van der Waals surface area contributed by atoms with Crippen LogP contribution in [0.1, 0.15) is 37.6 Å². The number of amides is 1. The van der Waals surface area contributed by atoms with Crippen molar-refractivity contribution in [3.05, 3.63) is 23.6 Å². The molecule has 1 heterocycles. The maximum Gasteiger partial charge on any atom is 0.258 e. The molecule has 1 amide bonds. The van der Waals surface area contributed by atoms with Gasteiger partial charge in [-0.15, -0.1) is 0 Å². The van der Waals surface area contributed by atoms with Gasteiger partial charge in [0.1, 0.15) is 11.6 Å². The van der Waals surface area contributed by atoms with Crippen LogP contribution >= 0.6 is 0 Å². The number of hydrogen-bond donors (Lipinski definition) is 1. The van der Waals surface area contributed by atoms with Crippen LogP contribution in [0.5, 0.6) is 0 Å². The monoisotopic (exact) mass is 297 g/mol. The van der Waals surface area contributed by atoms with Gasteiger partial charge >= 0.3 is 0 Å². The van der Waals surface area contributed by atoms with E-state index in [0.29, 0.717) is 25.5 Å². The van der Waals surface area contributed by atoms with Gasteiger partial charge in [-0.25, -0.2) is 9.37 Å². The Balaban J connectivity index is 3.04. The fourth-order valence-corrected chi connectivity index (χ4v) is 1.93. The first-order valence-corrected chi connectivity index (χ1v) is 7.20. The minimum atomic E-state index is -0.518. The normalized spacial score (nSPS) is 10.8. The maximum atomic E-state index is 13.5. The summed E-state index contributed by atoms with van der Waals surface area (Å²) in [5.74, 6) is -0.338. The molecule has 0 saturated heterocycles. The van der Waals surface area contributed by atoms with Gasteiger partial charge in [0, 0.05) is 26.2 Å². The van der Waals surface area contributed by atoms with Gasteiger partial charge in [-0.1, -0.05) is 6.92 Å². The van der Waals surface area contributed by atoms with Crippen LogP contribution in [-0.4, -0.2) is 48.6 Å². The first kappa shape index (κ1) is 17.4. The Morgan fingerprint density at radius 1 is 1.52 bits per heavy atom. The van der Waals surface area contributed by atoms with Crippen LogP contribution in [0.4, 0.5) is 10.2 Å². The number of anilines is 1. The molecule has 0 radical (unpaired) electrons.